The Morgan fingerprint density at radius 3 is 1.79 bits per heavy atom. The predicted octanol–water partition coefficient (Wildman–Crippen LogP) is 4.50. The van der Waals surface area contributed by atoms with E-state index in [-0.39, 0.29) is 16.8 Å². The molecule has 2 nitrogen and oxygen atoms in total. The Labute approximate surface area is 121 Å². The molecular weight excluding hydrogens is 252 g/mol. The third kappa shape index (κ3) is 6.11. The first-order valence-corrected chi connectivity index (χ1v) is 10.6. The molecule has 0 heterocycles. The van der Waals surface area contributed by atoms with Crippen molar-refractivity contribution in [2.24, 2.45) is 16.2 Å². The van der Waals surface area contributed by atoms with Gasteiger partial charge in [0.1, 0.15) is 0 Å². The molecule has 3 heteroatoms. The summed E-state index contributed by atoms with van der Waals surface area (Å²) in [7, 11) is -0.645. The summed E-state index contributed by atoms with van der Waals surface area (Å²) >= 11 is 0. The molecule has 0 fully saturated rings. The summed E-state index contributed by atoms with van der Waals surface area (Å²) in [4.78, 5) is 12.6. The fraction of sp³-hybridized carbons (Fsp3) is 0.938. The number of hydrogen-bond donors (Lipinski definition) is 0. The van der Waals surface area contributed by atoms with Gasteiger partial charge in [-0.2, -0.15) is 0 Å². The summed E-state index contributed by atoms with van der Waals surface area (Å²) in [5.74, 6) is -0.0235. The van der Waals surface area contributed by atoms with E-state index < -0.39 is 14.2 Å². The Kier molecular flexibility index (Phi) is 6.32. The van der Waals surface area contributed by atoms with E-state index in [0.29, 0.717) is 6.61 Å². The molecule has 0 N–H and O–H groups in total. The van der Waals surface area contributed by atoms with Crippen molar-refractivity contribution in [2.75, 3.05) is 6.61 Å². The van der Waals surface area contributed by atoms with E-state index in [2.05, 4.69) is 61.6 Å². The zero-order chi connectivity index (χ0) is 15.5. The van der Waals surface area contributed by atoms with Crippen molar-refractivity contribution >= 4 is 14.8 Å². The van der Waals surface area contributed by atoms with Crippen LogP contribution in [-0.2, 0) is 9.53 Å². The topological polar surface area (TPSA) is 26.3 Å². The molecule has 0 aromatic heterocycles. The summed E-state index contributed by atoms with van der Waals surface area (Å²) in [6.45, 7) is 20.2. The van der Waals surface area contributed by atoms with Crippen molar-refractivity contribution in [1.82, 2.24) is 0 Å². The number of esters is 1. The predicted molar refractivity (Wildman–Crippen MR) is 86.3 cm³/mol. The largest absolute Gasteiger partial charge is 0.466 e. The first kappa shape index (κ1) is 18.7. The van der Waals surface area contributed by atoms with Crippen molar-refractivity contribution in [3.8, 4) is 0 Å². The third-order valence-electron chi connectivity index (χ3n) is 3.92. The molecule has 0 radical (unpaired) electrons. The first-order chi connectivity index (χ1) is 8.29. The van der Waals surface area contributed by atoms with Crippen LogP contribution in [0.2, 0.25) is 19.1 Å². The Morgan fingerprint density at radius 1 is 1.00 bits per heavy atom. The Morgan fingerprint density at radius 2 is 1.47 bits per heavy atom. The molecule has 0 rings (SSSR count). The van der Waals surface area contributed by atoms with Gasteiger partial charge in [0.05, 0.1) is 12.0 Å². The van der Waals surface area contributed by atoms with E-state index in [1.807, 2.05) is 0 Å². The maximum Gasteiger partial charge on any atom is 0.312 e. The molecular formula is C16H34O2Si. The van der Waals surface area contributed by atoms with Crippen LogP contribution < -0.4 is 0 Å². The third-order valence-corrected chi connectivity index (χ3v) is 5.31. The lowest BCUT2D eigenvalue weighted by molar-refractivity contribution is -0.164. The van der Waals surface area contributed by atoms with Gasteiger partial charge >= 0.3 is 5.97 Å². The molecule has 114 valence electrons. The molecule has 0 amide bonds. The highest BCUT2D eigenvalue weighted by molar-refractivity contribution is 6.55. The summed E-state index contributed by atoms with van der Waals surface area (Å²) < 4.78 is 5.59. The molecule has 0 aliphatic rings. The number of carbonyl (C=O) groups is 1. The van der Waals surface area contributed by atoms with Crippen LogP contribution in [0.5, 0.6) is 0 Å². The molecule has 0 saturated carbocycles. The number of rotatable bonds is 5. The van der Waals surface area contributed by atoms with Gasteiger partial charge in [-0.1, -0.05) is 54.6 Å². The highest BCUT2D eigenvalue weighted by Gasteiger charge is 2.47. The summed E-state index contributed by atoms with van der Waals surface area (Å²) in [5.41, 5.74) is -0.399. The molecule has 0 aliphatic heterocycles. The van der Waals surface area contributed by atoms with Gasteiger partial charge in [0.15, 0.2) is 0 Å². The highest BCUT2D eigenvalue weighted by Crippen LogP contribution is 2.47. The van der Waals surface area contributed by atoms with Gasteiger partial charge in [0.25, 0.3) is 0 Å². The highest BCUT2D eigenvalue weighted by atomic mass is 28.3. The maximum absolute atomic E-state index is 12.6. The number of hydrogen-bond acceptors (Lipinski definition) is 2. The second kappa shape index (κ2) is 6.42. The zero-order valence-corrected chi connectivity index (χ0v) is 15.7. The summed E-state index contributed by atoms with van der Waals surface area (Å²) in [6, 6.07) is 1.07. The van der Waals surface area contributed by atoms with Gasteiger partial charge in [0.2, 0.25) is 0 Å². The molecule has 0 saturated heterocycles. The summed E-state index contributed by atoms with van der Waals surface area (Å²) in [6.07, 6.45) is 0.849. The standard InChI is InChI=1S/C16H34O2Si/c1-14(2,3)12-16(7,15(4,5)6)13(17)18-10-11-19(8)9/h19H,10-12H2,1-9H3. The lowest BCUT2D eigenvalue weighted by atomic mass is 9.61. The second-order valence-corrected chi connectivity index (χ2v) is 12.0. The van der Waals surface area contributed by atoms with Gasteiger partial charge in [-0.05, 0) is 30.2 Å². The van der Waals surface area contributed by atoms with E-state index in [1.165, 1.54) is 0 Å². The van der Waals surface area contributed by atoms with E-state index in [9.17, 15) is 4.79 Å². The monoisotopic (exact) mass is 286 g/mol. The zero-order valence-electron chi connectivity index (χ0n) is 14.5. The lowest BCUT2D eigenvalue weighted by Crippen LogP contribution is -2.44. The molecule has 1 atom stereocenters. The van der Waals surface area contributed by atoms with Crippen molar-refractivity contribution < 1.29 is 9.53 Å². The second-order valence-electron chi connectivity index (χ2n) is 8.64. The van der Waals surface area contributed by atoms with Gasteiger partial charge < -0.3 is 4.74 Å². The van der Waals surface area contributed by atoms with Gasteiger partial charge in [-0.15, -0.1) is 0 Å². The fourth-order valence-electron chi connectivity index (χ4n) is 2.25. The lowest BCUT2D eigenvalue weighted by Gasteiger charge is -2.43. The van der Waals surface area contributed by atoms with Crippen LogP contribution in [0.1, 0.15) is 54.9 Å². The number of carbonyl (C=O) groups excluding carboxylic acids is 1. The van der Waals surface area contributed by atoms with Crippen LogP contribution in [0.4, 0.5) is 0 Å². The fourth-order valence-corrected chi connectivity index (χ4v) is 2.84. The van der Waals surface area contributed by atoms with E-state index >= 15 is 0 Å². The maximum atomic E-state index is 12.6. The molecule has 19 heavy (non-hydrogen) atoms. The van der Waals surface area contributed by atoms with Gasteiger partial charge in [0, 0.05) is 8.80 Å². The molecule has 0 spiro atoms. The quantitative estimate of drug-likeness (QED) is 0.549. The van der Waals surface area contributed by atoms with Crippen molar-refractivity contribution in [2.45, 2.75) is 74.0 Å². The van der Waals surface area contributed by atoms with Crippen molar-refractivity contribution in [1.29, 1.82) is 0 Å². The minimum atomic E-state index is -0.645. The van der Waals surface area contributed by atoms with Crippen LogP contribution in [0.25, 0.3) is 0 Å². The average Bonchev–Trinajstić information content (AvgIpc) is 2.12. The van der Waals surface area contributed by atoms with Crippen LogP contribution in [0.3, 0.4) is 0 Å². The molecule has 0 aromatic rings. The van der Waals surface area contributed by atoms with Crippen LogP contribution in [0.15, 0.2) is 0 Å². The van der Waals surface area contributed by atoms with Crippen LogP contribution in [0, 0.1) is 16.2 Å². The SMILES string of the molecule is C[SiH](C)CCOC(=O)C(C)(CC(C)(C)C)C(C)(C)C. The smallest absolute Gasteiger partial charge is 0.312 e. The molecule has 0 aliphatic carbocycles. The van der Waals surface area contributed by atoms with Crippen molar-refractivity contribution in [3.63, 3.8) is 0 Å². The minimum absolute atomic E-state index is 0.0235. The van der Waals surface area contributed by atoms with Gasteiger partial charge in [-0.25, -0.2) is 0 Å². The van der Waals surface area contributed by atoms with Crippen molar-refractivity contribution in [3.05, 3.63) is 0 Å². The average molecular weight is 287 g/mol. The Balaban J connectivity index is 4.91. The minimum Gasteiger partial charge on any atom is -0.466 e. The Hall–Kier alpha value is -0.313. The van der Waals surface area contributed by atoms with E-state index in [4.69, 9.17) is 4.74 Å². The Bertz CT molecular complexity index is 297. The van der Waals surface area contributed by atoms with Crippen LogP contribution in [-0.4, -0.2) is 21.4 Å². The van der Waals surface area contributed by atoms with E-state index in [1.54, 1.807) is 0 Å². The first-order valence-electron chi connectivity index (χ1n) is 7.47. The van der Waals surface area contributed by atoms with Gasteiger partial charge in [-0.3, -0.25) is 4.79 Å². The van der Waals surface area contributed by atoms with E-state index in [0.717, 1.165) is 12.5 Å². The summed E-state index contributed by atoms with van der Waals surface area (Å²) in [5, 5.41) is 0. The van der Waals surface area contributed by atoms with Crippen LogP contribution >= 0.6 is 0 Å². The normalized spacial score (nSPS) is 16.3. The number of ether oxygens (including phenoxy) is 1. The molecule has 0 bridgehead atoms. The molecule has 1 unspecified atom stereocenters. The molecule has 0 aromatic carbocycles.